The van der Waals surface area contributed by atoms with E-state index in [2.05, 4.69) is 33.5 Å². The summed E-state index contributed by atoms with van der Waals surface area (Å²) in [7, 11) is 1.44. The van der Waals surface area contributed by atoms with E-state index in [1.54, 1.807) is 11.9 Å². The number of piperazine rings is 1. The monoisotopic (exact) mass is 544 g/mol. The molecule has 0 atom stereocenters. The van der Waals surface area contributed by atoms with Crippen LogP contribution in [0.1, 0.15) is 16.2 Å². The first-order chi connectivity index (χ1) is 19.3. The number of para-hydroxylation sites is 1. The van der Waals surface area contributed by atoms with E-state index in [1.165, 1.54) is 41.5 Å². The number of ketones is 1. The van der Waals surface area contributed by atoms with Gasteiger partial charge in [0.15, 0.2) is 5.82 Å². The number of aromatic nitrogens is 4. The summed E-state index contributed by atoms with van der Waals surface area (Å²) in [4.78, 5) is 37.5. The smallest absolute Gasteiger partial charge is 0.295 e. The SMILES string of the molecule is C=C/C(OC)=c1/c(C(=O)C(=O)N2CCN(/C(=C/N)N(N=C)c3ccccc3)CC2)c[nH]/c1=C(/N)n1cnc(C)n1. The van der Waals surface area contributed by atoms with E-state index in [0.717, 1.165) is 5.69 Å². The standard InChI is InChI=1S/C27H32N10O3/c1-5-21(40-4)23-20(16-31-24(23)26(29)36-17-32-18(2)33-36)25(38)27(39)35-13-11-34(12-14-35)22(15-28)37(30-3)19-9-7-6-8-10-19/h5-10,15-17,31H,1,3,11-14,28-29H2,2,4H3/b22-15-,23-21+,26-24-. The number of aryl methyl sites for hydroxylation is 1. The number of anilines is 1. The Balaban J connectivity index is 1.58. The average molecular weight is 545 g/mol. The molecule has 3 aromatic rings. The fourth-order valence-corrected chi connectivity index (χ4v) is 4.49. The van der Waals surface area contributed by atoms with Gasteiger partial charge in [0, 0.05) is 45.3 Å². The van der Waals surface area contributed by atoms with Gasteiger partial charge in [-0.1, -0.05) is 24.8 Å². The predicted octanol–water partition coefficient (Wildman–Crippen LogP) is -0.365. The lowest BCUT2D eigenvalue weighted by Crippen LogP contribution is -2.52. The number of aromatic amines is 1. The highest BCUT2D eigenvalue weighted by atomic mass is 16.5. The molecule has 4 rings (SSSR count). The number of benzene rings is 1. The van der Waals surface area contributed by atoms with Crippen LogP contribution in [0.4, 0.5) is 5.69 Å². The molecule has 1 aromatic carbocycles. The van der Waals surface area contributed by atoms with Gasteiger partial charge < -0.3 is 31.0 Å². The Morgan fingerprint density at radius 1 is 1.18 bits per heavy atom. The van der Waals surface area contributed by atoms with Crippen molar-refractivity contribution in [1.29, 1.82) is 0 Å². The van der Waals surface area contributed by atoms with E-state index < -0.39 is 11.7 Å². The number of hydrogen-bond acceptors (Lipinski definition) is 10. The molecular formula is C27H32N10O3. The third-order valence-electron chi connectivity index (χ3n) is 6.48. The van der Waals surface area contributed by atoms with Crippen LogP contribution in [0.5, 0.6) is 0 Å². The molecule has 2 aromatic heterocycles. The summed E-state index contributed by atoms with van der Waals surface area (Å²) in [5, 5.41) is 10.6. The molecule has 1 saturated heterocycles. The van der Waals surface area contributed by atoms with Gasteiger partial charge in [-0.2, -0.15) is 10.2 Å². The molecule has 13 nitrogen and oxygen atoms in total. The molecule has 0 aliphatic carbocycles. The van der Waals surface area contributed by atoms with Gasteiger partial charge >= 0.3 is 0 Å². The number of rotatable bonds is 9. The van der Waals surface area contributed by atoms with Gasteiger partial charge in [0.2, 0.25) is 0 Å². The molecule has 0 unspecified atom stereocenters. The summed E-state index contributed by atoms with van der Waals surface area (Å²) in [5.41, 5.74) is 13.2. The largest absolute Gasteiger partial charge is 0.496 e. The second-order valence-electron chi connectivity index (χ2n) is 8.77. The fraction of sp³-hybridized carbons (Fsp3) is 0.222. The predicted molar refractivity (Wildman–Crippen MR) is 152 cm³/mol. The lowest BCUT2D eigenvalue weighted by molar-refractivity contribution is -0.127. The summed E-state index contributed by atoms with van der Waals surface area (Å²) in [6, 6.07) is 9.47. The lowest BCUT2D eigenvalue weighted by atomic mass is 10.1. The van der Waals surface area contributed by atoms with Crippen LogP contribution in [0.15, 0.2) is 72.6 Å². The van der Waals surface area contributed by atoms with E-state index in [0.29, 0.717) is 48.4 Å². The van der Waals surface area contributed by atoms with Crippen LogP contribution in [0, 0.1) is 6.92 Å². The van der Waals surface area contributed by atoms with Crippen LogP contribution in [0.2, 0.25) is 0 Å². The fourth-order valence-electron chi connectivity index (χ4n) is 4.49. The molecule has 3 heterocycles. The molecule has 5 N–H and O–H groups in total. The van der Waals surface area contributed by atoms with Crippen LogP contribution in [-0.4, -0.2) is 81.2 Å². The summed E-state index contributed by atoms with van der Waals surface area (Å²) in [6.07, 6.45) is 5.78. The second kappa shape index (κ2) is 12.0. The van der Waals surface area contributed by atoms with Gasteiger partial charge in [0.25, 0.3) is 11.7 Å². The highest BCUT2D eigenvalue weighted by Crippen LogP contribution is 2.22. The number of Topliss-reactive ketones (excluding diaryl/α,β-unsaturated/α-hetero) is 1. The Bertz CT molecular complexity index is 1560. The lowest BCUT2D eigenvalue weighted by Gasteiger charge is -2.39. The van der Waals surface area contributed by atoms with Crippen LogP contribution in [-0.2, 0) is 9.53 Å². The van der Waals surface area contributed by atoms with E-state index >= 15 is 0 Å². The molecule has 1 aliphatic rings. The minimum atomic E-state index is -0.710. The van der Waals surface area contributed by atoms with Crippen LogP contribution in [0.3, 0.4) is 0 Å². The Morgan fingerprint density at radius 2 is 1.85 bits per heavy atom. The Kier molecular flexibility index (Phi) is 8.33. The highest BCUT2D eigenvalue weighted by Gasteiger charge is 2.30. The molecule has 1 aliphatic heterocycles. The van der Waals surface area contributed by atoms with Gasteiger partial charge in [0.1, 0.15) is 23.7 Å². The van der Waals surface area contributed by atoms with Crippen molar-refractivity contribution in [2.24, 2.45) is 16.6 Å². The zero-order valence-electron chi connectivity index (χ0n) is 22.4. The number of carbonyl (C=O) groups excluding carboxylic acids is 2. The van der Waals surface area contributed by atoms with Crippen molar-refractivity contribution in [3.05, 3.63) is 89.5 Å². The van der Waals surface area contributed by atoms with Crippen molar-refractivity contribution >= 4 is 35.7 Å². The number of amides is 1. The zero-order valence-corrected chi connectivity index (χ0v) is 22.4. The van der Waals surface area contributed by atoms with E-state index in [9.17, 15) is 9.59 Å². The first kappa shape index (κ1) is 27.7. The van der Waals surface area contributed by atoms with Crippen LogP contribution in [0.25, 0.3) is 11.6 Å². The number of nitrogens with one attached hydrogen (secondary N) is 1. The van der Waals surface area contributed by atoms with Gasteiger partial charge in [0.05, 0.1) is 28.9 Å². The molecule has 1 fully saturated rings. The van der Waals surface area contributed by atoms with Crippen LogP contribution < -0.4 is 27.0 Å². The maximum atomic E-state index is 13.5. The number of hydrazone groups is 1. The summed E-state index contributed by atoms with van der Waals surface area (Å²) >= 11 is 0. The summed E-state index contributed by atoms with van der Waals surface area (Å²) in [6.45, 7) is 10.6. The van der Waals surface area contributed by atoms with Gasteiger partial charge in [-0.15, -0.1) is 0 Å². The van der Waals surface area contributed by atoms with Gasteiger partial charge in [-0.3, -0.25) is 9.59 Å². The second-order valence-corrected chi connectivity index (χ2v) is 8.77. The molecule has 0 bridgehead atoms. The van der Waals surface area contributed by atoms with Crippen molar-refractivity contribution in [2.75, 3.05) is 38.3 Å². The Labute approximate surface area is 231 Å². The van der Waals surface area contributed by atoms with Gasteiger partial charge in [-0.25, -0.2) is 14.7 Å². The minimum absolute atomic E-state index is 0.104. The third kappa shape index (κ3) is 5.29. The molecule has 0 spiro atoms. The zero-order chi connectivity index (χ0) is 28.8. The van der Waals surface area contributed by atoms with Crippen molar-refractivity contribution in [1.82, 2.24) is 29.5 Å². The quantitative estimate of drug-likeness (QED) is 0.141. The van der Waals surface area contributed by atoms with Gasteiger partial charge in [-0.05, 0) is 25.1 Å². The number of H-pyrrole nitrogens is 1. The molecule has 40 heavy (non-hydrogen) atoms. The maximum Gasteiger partial charge on any atom is 0.295 e. The van der Waals surface area contributed by atoms with Crippen molar-refractivity contribution in [3.8, 4) is 0 Å². The molecule has 0 radical (unpaired) electrons. The summed E-state index contributed by atoms with van der Waals surface area (Å²) in [5.74, 6) is 0.223. The number of methoxy groups -OCH3 is 1. The van der Waals surface area contributed by atoms with E-state index in [1.807, 2.05) is 35.2 Å². The number of nitrogens with zero attached hydrogens (tertiary/aromatic N) is 7. The molecule has 208 valence electrons. The first-order valence-corrected chi connectivity index (χ1v) is 12.4. The maximum absolute atomic E-state index is 13.5. The Hall–Kier alpha value is -5.33. The van der Waals surface area contributed by atoms with Crippen LogP contribution >= 0.6 is 0 Å². The normalized spacial score (nSPS) is 15.3. The van der Waals surface area contributed by atoms with E-state index in [4.69, 9.17) is 16.2 Å². The minimum Gasteiger partial charge on any atom is -0.496 e. The Morgan fingerprint density at radius 3 is 2.40 bits per heavy atom. The van der Waals surface area contributed by atoms with Crippen molar-refractivity contribution in [3.63, 3.8) is 0 Å². The molecule has 13 heteroatoms. The molecular weight excluding hydrogens is 512 g/mol. The number of hydrogen-bond donors (Lipinski definition) is 3. The van der Waals surface area contributed by atoms with Crippen molar-refractivity contribution < 1.29 is 14.3 Å². The third-order valence-corrected chi connectivity index (χ3v) is 6.48. The number of nitrogens with two attached hydrogens (primary N) is 2. The number of carbonyl (C=O) groups is 2. The number of ether oxygens (including phenoxy) is 1. The summed E-state index contributed by atoms with van der Waals surface area (Å²) < 4.78 is 6.83. The van der Waals surface area contributed by atoms with E-state index in [-0.39, 0.29) is 17.1 Å². The topological polar surface area (TPSA) is 164 Å². The average Bonchev–Trinajstić information content (AvgIpc) is 3.63. The molecule has 0 saturated carbocycles. The first-order valence-electron chi connectivity index (χ1n) is 12.4. The van der Waals surface area contributed by atoms with Crippen molar-refractivity contribution in [2.45, 2.75) is 6.92 Å². The molecule has 1 amide bonds. The highest BCUT2D eigenvalue weighted by molar-refractivity contribution is 6.42.